The topological polar surface area (TPSA) is 49.6 Å². The molecule has 1 aliphatic heterocycles. The molecule has 1 saturated heterocycles. The van der Waals surface area contributed by atoms with E-state index in [1.807, 2.05) is 0 Å². The molecule has 4 nitrogen and oxygen atoms in total. The zero-order valence-corrected chi connectivity index (χ0v) is 7.57. The lowest BCUT2D eigenvalue weighted by atomic mass is 10.0. The van der Waals surface area contributed by atoms with Gasteiger partial charge in [-0.15, -0.1) is 0 Å². The van der Waals surface area contributed by atoms with Crippen molar-refractivity contribution in [2.75, 3.05) is 20.1 Å². The Kier molecular flexibility index (Phi) is 3.49. The Bertz CT molecular complexity index is 151. The molecule has 1 atom stereocenters. The highest BCUT2D eigenvalue weighted by molar-refractivity contribution is 5.45. The molecule has 0 radical (unpaired) electrons. The number of piperidine rings is 1. The van der Waals surface area contributed by atoms with E-state index in [0.29, 0.717) is 19.0 Å². The second-order valence-corrected chi connectivity index (χ2v) is 3.43. The highest BCUT2D eigenvalue weighted by Crippen LogP contribution is 2.14. The predicted octanol–water partition coefficient (Wildman–Crippen LogP) is -0.197. The summed E-state index contributed by atoms with van der Waals surface area (Å²) in [7, 11) is 2.09. The van der Waals surface area contributed by atoms with Crippen LogP contribution in [0.1, 0.15) is 19.3 Å². The Morgan fingerprint density at radius 2 is 2.42 bits per heavy atom. The van der Waals surface area contributed by atoms with Gasteiger partial charge in [0.1, 0.15) is 0 Å². The van der Waals surface area contributed by atoms with Gasteiger partial charge >= 0.3 is 0 Å². The second kappa shape index (κ2) is 4.42. The Morgan fingerprint density at radius 1 is 1.67 bits per heavy atom. The Balaban J connectivity index is 2.33. The van der Waals surface area contributed by atoms with Crippen LogP contribution in [0.5, 0.6) is 0 Å². The zero-order chi connectivity index (χ0) is 8.97. The van der Waals surface area contributed by atoms with Crippen molar-refractivity contribution in [2.24, 2.45) is 5.84 Å². The van der Waals surface area contributed by atoms with Gasteiger partial charge in [-0.3, -0.25) is 9.80 Å². The average Bonchev–Trinajstić information content (AvgIpc) is 2.09. The van der Waals surface area contributed by atoms with Gasteiger partial charge in [-0.1, -0.05) is 6.42 Å². The molecule has 0 saturated carbocycles. The third-order valence-corrected chi connectivity index (χ3v) is 2.48. The summed E-state index contributed by atoms with van der Waals surface area (Å²) in [5.74, 6) is 5.40. The standard InChI is InChI=1S/C8H17N3O/c1-10-5-3-2-4-8(10)6-11(9)7-12/h7-8H,2-6,9H2,1H3/t8-/m0/s1. The lowest BCUT2D eigenvalue weighted by molar-refractivity contribution is -0.119. The van der Waals surface area contributed by atoms with Crippen molar-refractivity contribution < 1.29 is 4.79 Å². The molecule has 70 valence electrons. The summed E-state index contributed by atoms with van der Waals surface area (Å²) in [6.45, 7) is 1.78. The van der Waals surface area contributed by atoms with Gasteiger partial charge in [0, 0.05) is 6.04 Å². The number of carbonyl (C=O) groups is 1. The van der Waals surface area contributed by atoms with Gasteiger partial charge in [0.25, 0.3) is 0 Å². The minimum Gasteiger partial charge on any atom is -0.302 e. The fourth-order valence-electron chi connectivity index (χ4n) is 1.66. The molecule has 4 heteroatoms. The molecule has 1 aliphatic rings. The number of rotatable bonds is 3. The SMILES string of the molecule is CN1CCCC[C@H]1CN(N)C=O. The Hall–Kier alpha value is -0.610. The molecule has 0 spiro atoms. The van der Waals surface area contributed by atoms with Gasteiger partial charge in [-0.2, -0.15) is 0 Å². The predicted molar refractivity (Wildman–Crippen MR) is 47.2 cm³/mol. The maximum atomic E-state index is 10.3. The van der Waals surface area contributed by atoms with E-state index in [1.54, 1.807) is 0 Å². The van der Waals surface area contributed by atoms with Crippen molar-refractivity contribution in [3.8, 4) is 0 Å². The fourth-order valence-corrected chi connectivity index (χ4v) is 1.66. The third kappa shape index (κ3) is 2.46. The van der Waals surface area contributed by atoms with Crippen molar-refractivity contribution in [3.05, 3.63) is 0 Å². The van der Waals surface area contributed by atoms with E-state index in [9.17, 15) is 4.79 Å². The molecule has 12 heavy (non-hydrogen) atoms. The Morgan fingerprint density at radius 3 is 3.00 bits per heavy atom. The van der Waals surface area contributed by atoms with Crippen molar-refractivity contribution in [2.45, 2.75) is 25.3 Å². The van der Waals surface area contributed by atoms with E-state index in [2.05, 4.69) is 11.9 Å². The van der Waals surface area contributed by atoms with Crippen LogP contribution in [-0.2, 0) is 4.79 Å². The van der Waals surface area contributed by atoms with Gasteiger partial charge in [0.2, 0.25) is 6.41 Å². The molecular formula is C8H17N3O. The van der Waals surface area contributed by atoms with Gasteiger partial charge in [-0.25, -0.2) is 5.84 Å². The first-order valence-corrected chi connectivity index (χ1v) is 4.41. The van der Waals surface area contributed by atoms with E-state index < -0.39 is 0 Å². The molecule has 1 amide bonds. The average molecular weight is 171 g/mol. The maximum Gasteiger partial charge on any atom is 0.223 e. The highest BCUT2D eigenvalue weighted by atomic mass is 16.1. The summed E-state index contributed by atoms with van der Waals surface area (Å²) in [5, 5.41) is 1.23. The summed E-state index contributed by atoms with van der Waals surface area (Å²) in [5.41, 5.74) is 0. The first-order valence-electron chi connectivity index (χ1n) is 4.41. The smallest absolute Gasteiger partial charge is 0.223 e. The van der Waals surface area contributed by atoms with Crippen LogP contribution in [0.2, 0.25) is 0 Å². The van der Waals surface area contributed by atoms with Crippen molar-refractivity contribution in [1.29, 1.82) is 0 Å². The fraction of sp³-hybridized carbons (Fsp3) is 0.875. The first-order chi connectivity index (χ1) is 5.74. The lowest BCUT2D eigenvalue weighted by Gasteiger charge is -2.33. The highest BCUT2D eigenvalue weighted by Gasteiger charge is 2.19. The molecule has 2 N–H and O–H groups in total. The zero-order valence-electron chi connectivity index (χ0n) is 7.57. The molecule has 0 unspecified atom stereocenters. The quantitative estimate of drug-likeness (QED) is 0.277. The van der Waals surface area contributed by atoms with Crippen molar-refractivity contribution in [1.82, 2.24) is 9.91 Å². The van der Waals surface area contributed by atoms with E-state index in [0.717, 1.165) is 13.0 Å². The molecule has 0 aromatic carbocycles. The molecule has 0 aliphatic carbocycles. The van der Waals surface area contributed by atoms with Crippen LogP contribution in [0.3, 0.4) is 0 Å². The van der Waals surface area contributed by atoms with Crippen molar-refractivity contribution in [3.63, 3.8) is 0 Å². The number of nitrogens with two attached hydrogens (primary N) is 1. The minimum absolute atomic E-state index is 0.453. The van der Waals surface area contributed by atoms with Crippen LogP contribution >= 0.6 is 0 Å². The third-order valence-electron chi connectivity index (χ3n) is 2.48. The van der Waals surface area contributed by atoms with Crippen LogP contribution in [-0.4, -0.2) is 42.5 Å². The number of hydrogen-bond donors (Lipinski definition) is 1. The molecule has 0 bridgehead atoms. The number of carbonyl (C=O) groups excluding carboxylic acids is 1. The summed E-state index contributed by atoms with van der Waals surface area (Å²) in [6, 6.07) is 0.453. The van der Waals surface area contributed by atoms with Crippen molar-refractivity contribution >= 4 is 6.41 Å². The van der Waals surface area contributed by atoms with E-state index in [4.69, 9.17) is 5.84 Å². The number of amides is 1. The molecule has 0 aromatic heterocycles. The van der Waals surface area contributed by atoms with E-state index in [-0.39, 0.29) is 0 Å². The number of likely N-dealkylation sites (tertiary alicyclic amines) is 1. The molecular weight excluding hydrogens is 154 g/mol. The molecule has 1 heterocycles. The van der Waals surface area contributed by atoms with Crippen LogP contribution < -0.4 is 5.84 Å². The summed E-state index contributed by atoms with van der Waals surface area (Å²) < 4.78 is 0. The Labute approximate surface area is 73.3 Å². The number of hydrazine groups is 1. The second-order valence-electron chi connectivity index (χ2n) is 3.43. The number of nitrogens with zero attached hydrogens (tertiary/aromatic N) is 2. The monoisotopic (exact) mass is 171 g/mol. The lowest BCUT2D eigenvalue weighted by Crippen LogP contribution is -2.46. The number of hydrogen-bond acceptors (Lipinski definition) is 3. The maximum absolute atomic E-state index is 10.3. The van der Waals surface area contributed by atoms with E-state index >= 15 is 0 Å². The van der Waals surface area contributed by atoms with Crippen LogP contribution in [0.25, 0.3) is 0 Å². The van der Waals surface area contributed by atoms with Crippen LogP contribution in [0, 0.1) is 0 Å². The minimum atomic E-state index is 0.453. The summed E-state index contributed by atoms with van der Waals surface area (Å²) >= 11 is 0. The largest absolute Gasteiger partial charge is 0.302 e. The molecule has 1 fully saturated rings. The summed E-state index contributed by atoms with van der Waals surface area (Å²) in [4.78, 5) is 12.5. The van der Waals surface area contributed by atoms with Gasteiger partial charge in [0.05, 0.1) is 6.54 Å². The van der Waals surface area contributed by atoms with Gasteiger partial charge in [0.15, 0.2) is 0 Å². The van der Waals surface area contributed by atoms with Gasteiger partial charge < -0.3 is 4.90 Å². The first kappa shape index (κ1) is 9.48. The van der Waals surface area contributed by atoms with E-state index in [1.165, 1.54) is 17.9 Å². The molecule has 0 aromatic rings. The normalized spacial score (nSPS) is 25.3. The number of likely N-dealkylation sites (N-methyl/N-ethyl adjacent to an activating group) is 1. The van der Waals surface area contributed by atoms with Gasteiger partial charge in [-0.05, 0) is 26.4 Å². The molecule has 1 rings (SSSR count). The van der Waals surface area contributed by atoms with Crippen LogP contribution in [0.4, 0.5) is 0 Å². The van der Waals surface area contributed by atoms with Crippen LogP contribution in [0.15, 0.2) is 0 Å². The summed E-state index contributed by atoms with van der Waals surface area (Å²) in [6.07, 6.45) is 4.35.